The Bertz CT molecular complexity index is 379. The number of hydrogen-bond donors (Lipinski definition) is 2. The van der Waals surface area contributed by atoms with Crippen molar-refractivity contribution in [2.75, 3.05) is 33.7 Å². The first kappa shape index (κ1) is 20.7. The van der Waals surface area contributed by atoms with Gasteiger partial charge in [-0.2, -0.15) is 0 Å². The second-order valence-corrected chi connectivity index (χ2v) is 5.97. The summed E-state index contributed by atoms with van der Waals surface area (Å²) in [4.78, 5) is 8.31. The Labute approximate surface area is 150 Å². The molecule has 0 aliphatic rings. The number of unbranched alkanes of at least 4 members (excludes halogenated alkanes) is 1. The van der Waals surface area contributed by atoms with Gasteiger partial charge in [-0.1, -0.05) is 19.4 Å². The maximum atomic E-state index is 4.72. The summed E-state index contributed by atoms with van der Waals surface area (Å²) in [6, 6.07) is 4.63. The summed E-state index contributed by atoms with van der Waals surface area (Å²) < 4.78 is 0. The van der Waals surface area contributed by atoms with Crippen LogP contribution in [0.1, 0.15) is 37.6 Å². The summed E-state index contributed by atoms with van der Waals surface area (Å²) in [7, 11) is 4.22. The molecule has 0 aliphatic heterocycles. The number of nitrogens with one attached hydrogen (secondary N) is 2. The SMILES string of the molecule is CCCCNC(=NCC(c1cccs1)N(C)C)NCC.I. The second kappa shape index (κ2) is 12.2. The molecule has 0 saturated heterocycles. The molecule has 21 heavy (non-hydrogen) atoms. The largest absolute Gasteiger partial charge is 0.357 e. The molecule has 0 amide bonds. The zero-order valence-corrected chi connectivity index (χ0v) is 16.7. The van der Waals surface area contributed by atoms with Crippen molar-refractivity contribution >= 4 is 41.3 Å². The van der Waals surface area contributed by atoms with Gasteiger partial charge < -0.3 is 15.5 Å². The summed E-state index contributed by atoms with van der Waals surface area (Å²) in [5.41, 5.74) is 0. The molecule has 0 saturated carbocycles. The first-order chi connectivity index (χ1) is 9.69. The second-order valence-electron chi connectivity index (χ2n) is 4.99. The molecule has 0 bridgehead atoms. The van der Waals surface area contributed by atoms with E-state index in [4.69, 9.17) is 4.99 Å². The third-order valence-corrected chi connectivity index (χ3v) is 4.06. The van der Waals surface area contributed by atoms with Crippen molar-refractivity contribution in [1.29, 1.82) is 0 Å². The molecule has 0 aliphatic carbocycles. The van der Waals surface area contributed by atoms with Crippen molar-refractivity contribution in [2.24, 2.45) is 4.99 Å². The summed E-state index contributed by atoms with van der Waals surface area (Å²) in [6.45, 7) is 6.94. The smallest absolute Gasteiger partial charge is 0.191 e. The fraction of sp³-hybridized carbons (Fsp3) is 0.667. The highest BCUT2D eigenvalue weighted by Crippen LogP contribution is 2.23. The molecule has 122 valence electrons. The molecule has 4 nitrogen and oxygen atoms in total. The van der Waals surface area contributed by atoms with Crippen LogP contribution in [-0.2, 0) is 0 Å². The maximum Gasteiger partial charge on any atom is 0.191 e. The van der Waals surface area contributed by atoms with Crippen molar-refractivity contribution in [2.45, 2.75) is 32.7 Å². The number of hydrogen-bond acceptors (Lipinski definition) is 3. The molecule has 1 aromatic heterocycles. The normalized spacial score (nSPS) is 12.9. The van der Waals surface area contributed by atoms with Crippen molar-refractivity contribution in [3.05, 3.63) is 22.4 Å². The Balaban J connectivity index is 0.00000400. The van der Waals surface area contributed by atoms with Gasteiger partial charge >= 0.3 is 0 Å². The van der Waals surface area contributed by atoms with Gasteiger partial charge in [0.15, 0.2) is 5.96 Å². The summed E-state index contributed by atoms with van der Waals surface area (Å²) in [5.74, 6) is 0.921. The molecule has 0 radical (unpaired) electrons. The molecular formula is C15H29IN4S. The van der Waals surface area contributed by atoms with E-state index in [1.165, 1.54) is 17.7 Å². The minimum absolute atomic E-state index is 0. The zero-order valence-electron chi connectivity index (χ0n) is 13.6. The van der Waals surface area contributed by atoms with Gasteiger partial charge in [-0.15, -0.1) is 35.3 Å². The number of guanidine groups is 1. The van der Waals surface area contributed by atoms with Crippen molar-refractivity contribution in [1.82, 2.24) is 15.5 Å². The predicted octanol–water partition coefficient (Wildman–Crippen LogP) is 3.32. The van der Waals surface area contributed by atoms with E-state index in [-0.39, 0.29) is 24.0 Å². The van der Waals surface area contributed by atoms with Gasteiger partial charge in [-0.05, 0) is 38.9 Å². The number of thiophene rings is 1. The van der Waals surface area contributed by atoms with Crippen LogP contribution in [0.2, 0.25) is 0 Å². The number of halogens is 1. The molecule has 1 aromatic rings. The number of likely N-dealkylation sites (N-methyl/N-ethyl adjacent to an activating group) is 1. The van der Waals surface area contributed by atoms with Crippen LogP contribution in [0.25, 0.3) is 0 Å². The Morgan fingerprint density at radius 2 is 2.10 bits per heavy atom. The van der Waals surface area contributed by atoms with Crippen LogP contribution in [0.4, 0.5) is 0 Å². The molecule has 2 N–H and O–H groups in total. The highest BCUT2D eigenvalue weighted by molar-refractivity contribution is 14.0. The highest BCUT2D eigenvalue weighted by atomic mass is 127. The molecule has 0 fully saturated rings. The van der Waals surface area contributed by atoms with E-state index in [9.17, 15) is 0 Å². The fourth-order valence-corrected chi connectivity index (χ4v) is 2.81. The van der Waals surface area contributed by atoms with Gasteiger partial charge in [0.05, 0.1) is 12.6 Å². The van der Waals surface area contributed by atoms with Gasteiger partial charge in [0.1, 0.15) is 0 Å². The average Bonchev–Trinajstić information content (AvgIpc) is 2.92. The standard InChI is InChI=1S/C15H28N4S.HI/c1-5-7-10-17-15(16-6-2)18-12-13(19(3)4)14-9-8-11-20-14;/h8-9,11,13H,5-7,10,12H2,1-4H3,(H2,16,17,18);1H. The summed E-state index contributed by atoms with van der Waals surface area (Å²) >= 11 is 1.79. The number of aliphatic imine (C=N–C) groups is 1. The van der Waals surface area contributed by atoms with E-state index in [1.54, 1.807) is 11.3 Å². The van der Waals surface area contributed by atoms with Crippen LogP contribution < -0.4 is 10.6 Å². The lowest BCUT2D eigenvalue weighted by molar-refractivity contribution is 0.310. The molecule has 0 aromatic carbocycles. The van der Waals surface area contributed by atoms with E-state index in [0.29, 0.717) is 6.04 Å². The van der Waals surface area contributed by atoms with Crippen molar-refractivity contribution < 1.29 is 0 Å². The molecule has 0 spiro atoms. The van der Waals surface area contributed by atoms with Crippen LogP contribution in [-0.4, -0.2) is 44.6 Å². The topological polar surface area (TPSA) is 39.7 Å². The first-order valence-electron chi connectivity index (χ1n) is 7.41. The predicted molar refractivity (Wildman–Crippen MR) is 105 cm³/mol. The number of rotatable bonds is 8. The van der Waals surface area contributed by atoms with E-state index in [1.807, 2.05) is 0 Å². The van der Waals surface area contributed by atoms with Crippen LogP contribution in [0.15, 0.2) is 22.5 Å². The quantitative estimate of drug-likeness (QED) is 0.291. The Kier molecular flexibility index (Phi) is 12.0. The Morgan fingerprint density at radius 3 is 2.62 bits per heavy atom. The maximum absolute atomic E-state index is 4.72. The van der Waals surface area contributed by atoms with Crippen molar-refractivity contribution in [3.8, 4) is 0 Å². The van der Waals surface area contributed by atoms with Gasteiger partial charge in [-0.3, -0.25) is 4.99 Å². The lowest BCUT2D eigenvalue weighted by Gasteiger charge is -2.22. The third-order valence-electron chi connectivity index (χ3n) is 3.08. The molecule has 6 heteroatoms. The Hall–Kier alpha value is -0.340. The highest BCUT2D eigenvalue weighted by Gasteiger charge is 2.14. The first-order valence-corrected chi connectivity index (χ1v) is 8.29. The lowest BCUT2D eigenvalue weighted by atomic mass is 10.2. The van der Waals surface area contributed by atoms with Gasteiger partial charge in [-0.25, -0.2) is 0 Å². The van der Waals surface area contributed by atoms with Crippen LogP contribution in [0.5, 0.6) is 0 Å². The Morgan fingerprint density at radius 1 is 1.33 bits per heavy atom. The van der Waals surface area contributed by atoms with E-state index in [2.05, 4.69) is 61.0 Å². The molecule has 1 rings (SSSR count). The minimum atomic E-state index is 0. The zero-order chi connectivity index (χ0) is 14.8. The third kappa shape index (κ3) is 8.01. The van der Waals surface area contributed by atoms with E-state index >= 15 is 0 Å². The van der Waals surface area contributed by atoms with Gasteiger partial charge in [0.2, 0.25) is 0 Å². The minimum Gasteiger partial charge on any atom is -0.357 e. The summed E-state index contributed by atoms with van der Waals surface area (Å²) in [6.07, 6.45) is 2.37. The van der Waals surface area contributed by atoms with Gasteiger partial charge in [0, 0.05) is 18.0 Å². The summed E-state index contributed by atoms with van der Waals surface area (Å²) in [5, 5.41) is 8.82. The van der Waals surface area contributed by atoms with Crippen LogP contribution >= 0.6 is 35.3 Å². The van der Waals surface area contributed by atoms with Crippen LogP contribution in [0, 0.1) is 0 Å². The van der Waals surface area contributed by atoms with Gasteiger partial charge in [0.25, 0.3) is 0 Å². The van der Waals surface area contributed by atoms with E-state index in [0.717, 1.165) is 25.6 Å². The molecule has 1 heterocycles. The van der Waals surface area contributed by atoms with Crippen molar-refractivity contribution in [3.63, 3.8) is 0 Å². The molecular weight excluding hydrogens is 395 g/mol. The lowest BCUT2D eigenvalue weighted by Crippen LogP contribution is -2.38. The molecule has 1 atom stereocenters. The number of nitrogens with zero attached hydrogens (tertiary/aromatic N) is 2. The fourth-order valence-electron chi connectivity index (χ4n) is 1.89. The molecule has 1 unspecified atom stereocenters. The van der Waals surface area contributed by atoms with E-state index < -0.39 is 0 Å². The monoisotopic (exact) mass is 424 g/mol. The van der Waals surface area contributed by atoms with Crippen LogP contribution in [0.3, 0.4) is 0 Å². The average molecular weight is 424 g/mol.